The number of rotatable bonds is 7. The first-order valence-corrected chi connectivity index (χ1v) is 6.87. The molecule has 0 unspecified atom stereocenters. The minimum absolute atomic E-state index is 0.00833. The summed E-state index contributed by atoms with van der Waals surface area (Å²) in [5, 5.41) is 25.6. The van der Waals surface area contributed by atoms with Gasteiger partial charge in [-0.1, -0.05) is 36.4 Å². The summed E-state index contributed by atoms with van der Waals surface area (Å²) in [6.45, 7) is -0.0519. The molecule has 2 rings (SSSR count). The lowest BCUT2D eigenvalue weighted by atomic mass is 10.1. The zero-order valence-electron chi connectivity index (χ0n) is 12.5. The predicted octanol–water partition coefficient (Wildman–Crippen LogP) is 2.04. The zero-order valence-corrected chi connectivity index (χ0v) is 12.5. The Balaban J connectivity index is 1.96. The van der Waals surface area contributed by atoms with Gasteiger partial charge >= 0.3 is 11.9 Å². The summed E-state index contributed by atoms with van der Waals surface area (Å²) in [5.41, 5.74) is 1.23. The molecule has 0 aliphatic heterocycles. The van der Waals surface area contributed by atoms with Gasteiger partial charge in [0.15, 0.2) is 0 Å². The topological polar surface area (TPSA) is 117 Å². The van der Waals surface area contributed by atoms with Crippen molar-refractivity contribution < 1.29 is 34.7 Å². The van der Waals surface area contributed by atoms with E-state index in [1.165, 1.54) is 12.1 Å². The highest BCUT2D eigenvalue weighted by Crippen LogP contribution is 2.18. The molecule has 8 nitrogen and oxygen atoms in total. The van der Waals surface area contributed by atoms with Gasteiger partial charge in [0.2, 0.25) is 0 Å². The minimum atomic E-state index is -1.18. The van der Waals surface area contributed by atoms with E-state index in [1.807, 2.05) is 0 Å². The molecule has 2 aromatic rings. The third kappa shape index (κ3) is 5.14. The van der Waals surface area contributed by atoms with Gasteiger partial charge in [0.1, 0.15) is 11.3 Å². The van der Waals surface area contributed by atoms with Crippen LogP contribution in [0.25, 0.3) is 0 Å². The Morgan fingerprint density at radius 1 is 0.958 bits per heavy atom. The molecule has 0 bridgehead atoms. The van der Waals surface area contributed by atoms with Gasteiger partial charge in [-0.15, -0.1) is 0 Å². The van der Waals surface area contributed by atoms with E-state index in [-0.39, 0.29) is 29.7 Å². The molecular weight excluding hydrogens is 318 g/mol. The molecule has 0 aromatic heterocycles. The van der Waals surface area contributed by atoms with Crippen molar-refractivity contribution in [2.75, 3.05) is 0 Å². The highest BCUT2D eigenvalue weighted by molar-refractivity contribution is 5.92. The first-order chi connectivity index (χ1) is 11.5. The lowest BCUT2D eigenvalue weighted by molar-refractivity contribution is -0.497. The van der Waals surface area contributed by atoms with Crippen LogP contribution in [0.2, 0.25) is 0 Å². The Kier molecular flexibility index (Phi) is 5.99. The number of ether oxygens (including phenoxy) is 1. The zero-order chi connectivity index (χ0) is 17.5. The van der Waals surface area contributed by atoms with Gasteiger partial charge in [-0.2, -0.15) is 0 Å². The van der Waals surface area contributed by atoms with Crippen molar-refractivity contribution >= 4 is 11.9 Å². The van der Waals surface area contributed by atoms with Crippen LogP contribution in [-0.4, -0.2) is 32.8 Å². The summed E-state index contributed by atoms with van der Waals surface area (Å²) < 4.78 is 5.10. The highest BCUT2D eigenvalue weighted by atomic mass is 17.1. The quantitative estimate of drug-likeness (QED) is 0.400. The Bertz CT molecular complexity index is 713. The van der Waals surface area contributed by atoms with Crippen molar-refractivity contribution in [2.45, 2.75) is 13.0 Å². The number of para-hydroxylation sites is 1. The van der Waals surface area contributed by atoms with Gasteiger partial charge in [0.25, 0.3) is 0 Å². The van der Waals surface area contributed by atoms with Gasteiger partial charge in [0, 0.05) is 0 Å². The molecule has 24 heavy (non-hydrogen) atoms. The second kappa shape index (κ2) is 8.18. The van der Waals surface area contributed by atoms with E-state index in [0.29, 0.717) is 11.1 Å². The van der Waals surface area contributed by atoms with E-state index in [1.54, 1.807) is 36.4 Å². The fourth-order valence-corrected chi connectivity index (χ4v) is 1.94. The van der Waals surface area contributed by atoms with Gasteiger partial charge < -0.3 is 9.84 Å². The van der Waals surface area contributed by atoms with Gasteiger partial charge in [0.05, 0.1) is 18.4 Å². The molecule has 0 aliphatic carbocycles. The van der Waals surface area contributed by atoms with Crippen LogP contribution < -0.4 is 4.74 Å². The van der Waals surface area contributed by atoms with Gasteiger partial charge in [-0.25, -0.2) is 9.63 Å². The summed E-state index contributed by atoms with van der Waals surface area (Å²) >= 11 is 0. The van der Waals surface area contributed by atoms with Gasteiger partial charge in [-0.3, -0.25) is 15.2 Å². The molecule has 0 amide bonds. The first-order valence-electron chi connectivity index (χ1n) is 6.87. The van der Waals surface area contributed by atoms with Crippen LogP contribution in [0.1, 0.15) is 21.5 Å². The normalized spacial score (nSPS) is 10.6. The second-order valence-electron chi connectivity index (χ2n) is 4.79. The van der Waals surface area contributed by atoms with Crippen LogP contribution in [0.3, 0.4) is 0 Å². The van der Waals surface area contributed by atoms with Crippen molar-refractivity contribution in [1.82, 2.24) is 5.39 Å². The fourth-order valence-electron chi connectivity index (χ4n) is 1.94. The van der Waals surface area contributed by atoms with Crippen LogP contribution >= 0.6 is 0 Å². The first kappa shape index (κ1) is 17.6. The SMILES string of the molecule is O=C(Cc1ccc(CON(O)O)cc1)Oc1ccccc1C(=O)O. The van der Waals surface area contributed by atoms with E-state index in [0.717, 1.165) is 0 Å². The van der Waals surface area contributed by atoms with Gasteiger partial charge in [-0.05, 0) is 23.3 Å². The Morgan fingerprint density at radius 2 is 1.58 bits per heavy atom. The highest BCUT2D eigenvalue weighted by Gasteiger charge is 2.14. The molecule has 0 heterocycles. The number of carbonyl (C=O) groups excluding carboxylic acids is 1. The third-order valence-electron chi connectivity index (χ3n) is 3.06. The average Bonchev–Trinajstić information content (AvgIpc) is 2.54. The number of nitrogens with zero attached hydrogens (tertiary/aromatic N) is 1. The number of aromatic carboxylic acids is 1. The summed E-state index contributed by atoms with van der Waals surface area (Å²) in [5.74, 6) is -1.78. The number of hydrogen-bond acceptors (Lipinski definition) is 7. The maximum absolute atomic E-state index is 11.9. The Morgan fingerprint density at radius 3 is 2.21 bits per heavy atom. The Hall–Kier alpha value is -2.78. The van der Waals surface area contributed by atoms with E-state index < -0.39 is 11.9 Å². The standard InChI is InChI=1S/C16H15NO7/c18-15(24-14-4-2-1-3-13(14)16(19)20)9-11-5-7-12(8-6-11)10-23-17(21)22/h1-8,21-22H,9-10H2,(H,19,20). The largest absolute Gasteiger partial charge is 0.478 e. The number of carbonyl (C=O) groups is 2. The van der Waals surface area contributed by atoms with E-state index in [4.69, 9.17) is 20.3 Å². The van der Waals surface area contributed by atoms with E-state index >= 15 is 0 Å². The molecule has 0 saturated heterocycles. The van der Waals surface area contributed by atoms with Crippen LogP contribution in [-0.2, 0) is 22.7 Å². The molecule has 0 saturated carbocycles. The van der Waals surface area contributed by atoms with Crippen molar-refractivity contribution in [1.29, 1.82) is 0 Å². The number of hydrogen-bond donors (Lipinski definition) is 3. The molecule has 0 radical (unpaired) electrons. The van der Waals surface area contributed by atoms with Crippen LogP contribution in [0.4, 0.5) is 0 Å². The monoisotopic (exact) mass is 333 g/mol. The molecular formula is C16H15NO7. The number of carboxylic acids is 1. The summed E-state index contributed by atoms with van der Waals surface area (Å²) in [7, 11) is 0. The maximum atomic E-state index is 11.9. The van der Waals surface area contributed by atoms with Crippen LogP contribution in [0.15, 0.2) is 48.5 Å². The lowest BCUT2D eigenvalue weighted by Crippen LogP contribution is -2.14. The predicted molar refractivity (Wildman–Crippen MR) is 79.4 cm³/mol. The van der Waals surface area contributed by atoms with E-state index in [2.05, 4.69) is 4.84 Å². The maximum Gasteiger partial charge on any atom is 0.339 e. The van der Waals surface area contributed by atoms with E-state index in [9.17, 15) is 9.59 Å². The smallest absolute Gasteiger partial charge is 0.339 e. The number of esters is 1. The minimum Gasteiger partial charge on any atom is -0.478 e. The molecule has 0 spiro atoms. The molecule has 0 atom stereocenters. The second-order valence-corrected chi connectivity index (χ2v) is 4.79. The van der Waals surface area contributed by atoms with Crippen molar-refractivity contribution in [3.63, 3.8) is 0 Å². The number of benzene rings is 2. The average molecular weight is 333 g/mol. The summed E-state index contributed by atoms with van der Waals surface area (Å²) in [4.78, 5) is 27.5. The summed E-state index contributed by atoms with van der Waals surface area (Å²) in [6.07, 6.45) is -0.0405. The number of carboxylic acid groups (broad SMARTS) is 1. The fraction of sp³-hybridized carbons (Fsp3) is 0.125. The van der Waals surface area contributed by atoms with Crippen molar-refractivity contribution in [3.8, 4) is 5.75 Å². The molecule has 8 heteroatoms. The molecule has 126 valence electrons. The van der Waals surface area contributed by atoms with Crippen molar-refractivity contribution in [3.05, 3.63) is 65.2 Å². The molecule has 3 N–H and O–H groups in total. The summed E-state index contributed by atoms with van der Waals surface area (Å²) in [6, 6.07) is 12.5. The molecule has 2 aromatic carbocycles. The lowest BCUT2D eigenvalue weighted by Gasteiger charge is -2.08. The molecule has 0 fully saturated rings. The van der Waals surface area contributed by atoms with Crippen LogP contribution in [0.5, 0.6) is 5.75 Å². The third-order valence-corrected chi connectivity index (χ3v) is 3.06. The van der Waals surface area contributed by atoms with Crippen molar-refractivity contribution in [2.24, 2.45) is 0 Å². The Labute approximate surface area is 137 Å². The molecule has 0 aliphatic rings. The van der Waals surface area contributed by atoms with Crippen LogP contribution in [0, 0.1) is 0 Å².